The zero-order valence-corrected chi connectivity index (χ0v) is 12.5. The van der Waals surface area contributed by atoms with Gasteiger partial charge in [0.15, 0.2) is 0 Å². The quantitative estimate of drug-likeness (QED) is 0.856. The summed E-state index contributed by atoms with van der Waals surface area (Å²) in [4.78, 5) is 0. The Morgan fingerprint density at radius 1 is 1.26 bits per heavy atom. The van der Waals surface area contributed by atoms with Crippen LogP contribution in [0.15, 0.2) is 29.6 Å². The maximum absolute atomic E-state index is 6.04. The van der Waals surface area contributed by atoms with Crippen molar-refractivity contribution in [2.75, 3.05) is 6.54 Å². The van der Waals surface area contributed by atoms with Gasteiger partial charge in [-0.3, -0.25) is 0 Å². The van der Waals surface area contributed by atoms with Gasteiger partial charge in [-0.1, -0.05) is 38.0 Å². The Hall–Kier alpha value is -0.860. The van der Waals surface area contributed by atoms with E-state index < -0.39 is 0 Å². The summed E-state index contributed by atoms with van der Waals surface area (Å²) in [5.41, 5.74) is 7.60. The second-order valence-electron chi connectivity index (χ2n) is 5.88. The Morgan fingerprint density at radius 2 is 2.16 bits per heavy atom. The van der Waals surface area contributed by atoms with Crippen LogP contribution in [0.3, 0.4) is 0 Å². The molecular formula is C17H23NS. The lowest BCUT2D eigenvalue weighted by Crippen LogP contribution is -2.28. The van der Waals surface area contributed by atoms with Crippen LogP contribution in [-0.4, -0.2) is 6.54 Å². The van der Waals surface area contributed by atoms with E-state index in [0.717, 1.165) is 12.5 Å². The summed E-state index contributed by atoms with van der Waals surface area (Å²) in [6.07, 6.45) is 5.32. The van der Waals surface area contributed by atoms with Crippen molar-refractivity contribution in [2.24, 2.45) is 17.6 Å². The van der Waals surface area contributed by atoms with Gasteiger partial charge in [-0.05, 0) is 59.5 Å². The molecule has 2 heteroatoms. The molecule has 0 spiro atoms. The van der Waals surface area contributed by atoms with E-state index in [1.165, 1.54) is 35.8 Å². The molecule has 0 aliphatic heterocycles. The van der Waals surface area contributed by atoms with E-state index in [9.17, 15) is 0 Å². The number of benzene rings is 1. The monoisotopic (exact) mass is 273 g/mol. The minimum atomic E-state index is 0.672. The smallest absolute Gasteiger partial charge is 0.0377 e. The van der Waals surface area contributed by atoms with Gasteiger partial charge in [0.1, 0.15) is 0 Å². The van der Waals surface area contributed by atoms with Crippen molar-refractivity contribution in [1.29, 1.82) is 0 Å². The fourth-order valence-electron chi connectivity index (χ4n) is 3.66. The third-order valence-electron chi connectivity index (χ3n) is 4.89. The molecule has 1 aromatic heterocycles. The highest BCUT2D eigenvalue weighted by Gasteiger charge is 2.31. The van der Waals surface area contributed by atoms with Gasteiger partial charge < -0.3 is 5.73 Å². The van der Waals surface area contributed by atoms with Gasteiger partial charge in [0.25, 0.3) is 0 Å². The van der Waals surface area contributed by atoms with Crippen LogP contribution < -0.4 is 5.73 Å². The second kappa shape index (κ2) is 5.64. The molecule has 2 aromatic rings. The lowest BCUT2D eigenvalue weighted by molar-refractivity contribution is 0.237. The van der Waals surface area contributed by atoms with Crippen LogP contribution in [0.5, 0.6) is 0 Å². The van der Waals surface area contributed by atoms with Crippen molar-refractivity contribution < 1.29 is 0 Å². The van der Waals surface area contributed by atoms with Crippen molar-refractivity contribution in [2.45, 2.75) is 38.5 Å². The fourth-order valence-corrected chi connectivity index (χ4v) is 4.64. The zero-order valence-electron chi connectivity index (χ0n) is 11.6. The summed E-state index contributed by atoms with van der Waals surface area (Å²) in [6.45, 7) is 3.17. The third-order valence-corrected chi connectivity index (χ3v) is 5.87. The predicted molar refractivity (Wildman–Crippen MR) is 84.7 cm³/mol. The Bertz CT molecular complexity index is 545. The molecular weight excluding hydrogens is 250 g/mol. The highest BCUT2D eigenvalue weighted by atomic mass is 32.1. The first-order chi connectivity index (χ1) is 9.33. The lowest BCUT2D eigenvalue weighted by atomic mass is 9.70. The van der Waals surface area contributed by atoms with Crippen molar-refractivity contribution in [3.05, 3.63) is 35.2 Å². The van der Waals surface area contributed by atoms with Crippen LogP contribution in [0.25, 0.3) is 10.1 Å². The first-order valence-electron chi connectivity index (χ1n) is 7.49. The number of fused-ring (bicyclic) bond motifs is 1. The number of hydrogen-bond acceptors (Lipinski definition) is 2. The molecule has 1 nitrogen and oxygen atoms in total. The molecule has 2 N–H and O–H groups in total. The summed E-state index contributed by atoms with van der Waals surface area (Å²) in [5, 5.41) is 3.61. The van der Waals surface area contributed by atoms with Crippen LogP contribution in [0.1, 0.15) is 44.1 Å². The summed E-state index contributed by atoms with van der Waals surface area (Å²) < 4.78 is 1.49. The molecule has 0 radical (unpaired) electrons. The van der Waals surface area contributed by atoms with Crippen LogP contribution in [0.2, 0.25) is 0 Å². The van der Waals surface area contributed by atoms with Gasteiger partial charge >= 0.3 is 0 Å². The maximum Gasteiger partial charge on any atom is 0.0377 e. The average molecular weight is 273 g/mol. The van der Waals surface area contributed by atoms with Crippen LogP contribution in [0.4, 0.5) is 0 Å². The summed E-state index contributed by atoms with van der Waals surface area (Å²) >= 11 is 1.89. The summed E-state index contributed by atoms with van der Waals surface area (Å²) in [7, 11) is 0. The van der Waals surface area contributed by atoms with E-state index in [0.29, 0.717) is 11.8 Å². The van der Waals surface area contributed by atoms with Gasteiger partial charge in [-0.2, -0.15) is 0 Å². The molecule has 1 saturated carbocycles. The molecule has 0 bridgehead atoms. The normalized spacial score (nSPS) is 27.8. The molecule has 1 aliphatic carbocycles. The molecule has 1 heterocycles. The molecule has 0 saturated heterocycles. The zero-order chi connectivity index (χ0) is 13.2. The Kier molecular flexibility index (Phi) is 3.90. The van der Waals surface area contributed by atoms with Crippen molar-refractivity contribution >= 4 is 21.4 Å². The summed E-state index contributed by atoms with van der Waals surface area (Å²) in [5.74, 6) is 2.24. The average Bonchev–Trinajstić information content (AvgIpc) is 2.94. The first kappa shape index (κ1) is 13.1. The van der Waals surface area contributed by atoms with Gasteiger partial charge in [-0.25, -0.2) is 0 Å². The van der Waals surface area contributed by atoms with E-state index in [1.54, 1.807) is 5.56 Å². The van der Waals surface area contributed by atoms with E-state index in [2.05, 4.69) is 36.6 Å². The van der Waals surface area contributed by atoms with Gasteiger partial charge in [0.2, 0.25) is 0 Å². The minimum absolute atomic E-state index is 0.672. The Balaban J connectivity index is 1.99. The SMILES string of the molecule is CCC1CCC(CN)C(c2cccc3ccsc23)C1. The second-order valence-corrected chi connectivity index (χ2v) is 6.79. The van der Waals surface area contributed by atoms with Crippen molar-refractivity contribution in [1.82, 2.24) is 0 Å². The van der Waals surface area contributed by atoms with E-state index in [-0.39, 0.29) is 0 Å². The highest BCUT2D eigenvalue weighted by molar-refractivity contribution is 7.17. The van der Waals surface area contributed by atoms with Gasteiger partial charge in [0, 0.05) is 4.70 Å². The lowest BCUT2D eigenvalue weighted by Gasteiger charge is -2.36. The fraction of sp³-hybridized carbons (Fsp3) is 0.529. The largest absolute Gasteiger partial charge is 0.330 e. The molecule has 3 rings (SSSR count). The van der Waals surface area contributed by atoms with Crippen LogP contribution in [-0.2, 0) is 0 Å². The number of rotatable bonds is 3. The molecule has 3 atom stereocenters. The molecule has 102 valence electrons. The highest BCUT2D eigenvalue weighted by Crippen LogP contribution is 2.44. The topological polar surface area (TPSA) is 26.0 Å². The Labute approximate surface area is 119 Å². The van der Waals surface area contributed by atoms with E-state index in [1.807, 2.05) is 11.3 Å². The first-order valence-corrected chi connectivity index (χ1v) is 8.37. The number of thiophene rings is 1. The molecule has 19 heavy (non-hydrogen) atoms. The number of hydrogen-bond donors (Lipinski definition) is 1. The molecule has 0 amide bonds. The molecule has 1 aromatic carbocycles. The van der Waals surface area contributed by atoms with Crippen LogP contribution >= 0.6 is 11.3 Å². The number of nitrogens with two attached hydrogens (primary N) is 1. The van der Waals surface area contributed by atoms with Crippen molar-refractivity contribution in [3.63, 3.8) is 0 Å². The van der Waals surface area contributed by atoms with Gasteiger partial charge in [-0.15, -0.1) is 11.3 Å². The molecule has 1 fully saturated rings. The molecule has 3 unspecified atom stereocenters. The standard InChI is InChI=1S/C17H23NS/c1-2-12-6-7-14(11-18)16(10-12)15-5-3-4-13-8-9-19-17(13)15/h3-5,8-9,12,14,16H,2,6-7,10-11,18H2,1H3. The summed E-state index contributed by atoms with van der Waals surface area (Å²) in [6, 6.07) is 9.02. The minimum Gasteiger partial charge on any atom is -0.330 e. The predicted octanol–water partition coefficient (Wildman–Crippen LogP) is 4.77. The maximum atomic E-state index is 6.04. The third kappa shape index (κ3) is 2.44. The van der Waals surface area contributed by atoms with E-state index in [4.69, 9.17) is 5.73 Å². The van der Waals surface area contributed by atoms with E-state index >= 15 is 0 Å². The van der Waals surface area contributed by atoms with Crippen LogP contribution in [0, 0.1) is 11.8 Å². The van der Waals surface area contributed by atoms with Gasteiger partial charge in [0.05, 0.1) is 0 Å². The molecule has 1 aliphatic rings. The van der Waals surface area contributed by atoms with Crippen molar-refractivity contribution in [3.8, 4) is 0 Å². The Morgan fingerprint density at radius 3 is 2.95 bits per heavy atom.